The molecule has 66 heavy (non-hydrogen) atoms. The lowest BCUT2D eigenvalue weighted by Crippen LogP contribution is -2.27. The van der Waals surface area contributed by atoms with Crippen LogP contribution in [-0.4, -0.2) is 0 Å². The van der Waals surface area contributed by atoms with E-state index < -0.39 is 5.41 Å². The minimum atomic E-state index is -0.641. The van der Waals surface area contributed by atoms with Crippen LogP contribution in [0.5, 0.6) is 0 Å². The predicted molar refractivity (Wildman–Crippen MR) is 275 cm³/mol. The SMILES string of the molecule is CC1(C)c2ccccc2-c2ccc(N(c3ccccc3)c3ccc4c(c3)C3(c5ccccc5-c5ccc(N(c6ccccc6)c6ccccc6)cc53)c3c(-c5ccccc5)cccc3-4)cc21. The molecule has 3 aliphatic carbocycles. The molecule has 1 spiro atoms. The summed E-state index contributed by atoms with van der Waals surface area (Å²) in [6.07, 6.45) is 0. The Kier molecular flexibility index (Phi) is 8.51. The first-order valence-corrected chi connectivity index (χ1v) is 23.1. The molecule has 1 atom stereocenters. The summed E-state index contributed by atoms with van der Waals surface area (Å²) in [7, 11) is 0. The fraction of sp³-hybridized carbons (Fsp3) is 0.0625. The van der Waals surface area contributed by atoms with Crippen LogP contribution in [0, 0.1) is 0 Å². The van der Waals surface area contributed by atoms with E-state index in [-0.39, 0.29) is 5.41 Å². The number of anilines is 6. The number of nitrogens with zero attached hydrogens (tertiary/aromatic N) is 2. The average Bonchev–Trinajstić information content (AvgIpc) is 3.93. The number of hydrogen-bond donors (Lipinski definition) is 0. The highest BCUT2D eigenvalue weighted by Crippen LogP contribution is 2.66. The van der Waals surface area contributed by atoms with E-state index in [0.717, 1.165) is 34.1 Å². The average molecular weight is 843 g/mol. The Balaban J connectivity index is 1.09. The van der Waals surface area contributed by atoms with Crippen LogP contribution >= 0.6 is 0 Å². The molecular formula is C64H46N2. The molecule has 0 bridgehead atoms. The van der Waals surface area contributed by atoms with Crippen LogP contribution in [-0.2, 0) is 10.8 Å². The standard InChI is InChI=1S/C64H46N2/c1-63(2)57-32-17-15-28-51(57)53-37-34-47(40-59(53)63)66(46-26-13-6-14-27-46)49-36-39-55-56-31-19-30-50(43-20-7-3-8-21-43)62(56)64(61(55)42-49)58-33-18-16-29-52(58)54-38-35-48(41-60(54)64)65(44-22-9-4-10-23-44)45-24-11-5-12-25-45/h3-42H,1-2H3. The Hall–Kier alpha value is -8.20. The van der Waals surface area contributed by atoms with E-state index in [4.69, 9.17) is 0 Å². The summed E-state index contributed by atoms with van der Waals surface area (Å²) in [6.45, 7) is 4.74. The normalized spacial score (nSPS) is 15.3. The maximum atomic E-state index is 2.52. The first-order valence-electron chi connectivity index (χ1n) is 23.1. The van der Waals surface area contributed by atoms with Crippen molar-refractivity contribution >= 4 is 34.1 Å². The van der Waals surface area contributed by atoms with Crippen molar-refractivity contribution in [2.24, 2.45) is 0 Å². The van der Waals surface area contributed by atoms with Gasteiger partial charge in [-0.15, -0.1) is 0 Å². The highest BCUT2D eigenvalue weighted by atomic mass is 15.1. The molecule has 0 fully saturated rings. The van der Waals surface area contributed by atoms with Crippen molar-refractivity contribution in [1.29, 1.82) is 0 Å². The number of benzene rings is 10. The van der Waals surface area contributed by atoms with E-state index >= 15 is 0 Å². The Morgan fingerprint density at radius 3 is 1.17 bits per heavy atom. The van der Waals surface area contributed by atoms with Crippen LogP contribution in [0.2, 0.25) is 0 Å². The second-order valence-corrected chi connectivity index (χ2v) is 18.4. The molecule has 0 heterocycles. The Morgan fingerprint density at radius 2 is 0.621 bits per heavy atom. The number of hydrogen-bond acceptors (Lipinski definition) is 2. The minimum Gasteiger partial charge on any atom is -0.310 e. The van der Waals surface area contributed by atoms with Gasteiger partial charge in [0.05, 0.1) is 5.41 Å². The van der Waals surface area contributed by atoms with Gasteiger partial charge in [-0.25, -0.2) is 0 Å². The molecule has 2 heteroatoms. The quantitative estimate of drug-likeness (QED) is 0.158. The maximum absolute atomic E-state index is 2.52. The topological polar surface area (TPSA) is 6.48 Å². The van der Waals surface area contributed by atoms with Crippen LogP contribution in [0.1, 0.15) is 47.2 Å². The maximum Gasteiger partial charge on any atom is 0.0733 e. The van der Waals surface area contributed by atoms with Gasteiger partial charge < -0.3 is 9.80 Å². The zero-order valence-electron chi connectivity index (χ0n) is 37.0. The van der Waals surface area contributed by atoms with Gasteiger partial charge in [0.1, 0.15) is 0 Å². The van der Waals surface area contributed by atoms with Crippen molar-refractivity contribution in [2.75, 3.05) is 9.80 Å². The smallest absolute Gasteiger partial charge is 0.0733 e. The van der Waals surface area contributed by atoms with Gasteiger partial charge in [-0.3, -0.25) is 0 Å². The minimum absolute atomic E-state index is 0.135. The fourth-order valence-corrected chi connectivity index (χ4v) is 11.8. The second-order valence-electron chi connectivity index (χ2n) is 18.4. The van der Waals surface area contributed by atoms with E-state index in [0.29, 0.717) is 0 Å². The van der Waals surface area contributed by atoms with Gasteiger partial charge in [0.2, 0.25) is 0 Å². The van der Waals surface area contributed by atoms with Crippen LogP contribution < -0.4 is 9.80 Å². The van der Waals surface area contributed by atoms with Crippen LogP contribution in [0.15, 0.2) is 243 Å². The molecule has 0 saturated carbocycles. The molecule has 13 rings (SSSR count). The van der Waals surface area contributed by atoms with E-state index in [2.05, 4.69) is 266 Å². The summed E-state index contributed by atoms with van der Waals surface area (Å²) in [5.41, 5.74) is 24.1. The Bertz CT molecular complexity index is 3460. The summed E-state index contributed by atoms with van der Waals surface area (Å²) in [5.74, 6) is 0. The molecule has 0 aliphatic heterocycles. The van der Waals surface area contributed by atoms with Crippen LogP contribution in [0.4, 0.5) is 34.1 Å². The van der Waals surface area contributed by atoms with Gasteiger partial charge in [0, 0.05) is 39.5 Å². The number of fused-ring (bicyclic) bond motifs is 13. The molecular weight excluding hydrogens is 797 g/mol. The van der Waals surface area contributed by atoms with Gasteiger partial charge in [-0.1, -0.05) is 184 Å². The monoisotopic (exact) mass is 842 g/mol. The number of para-hydroxylation sites is 3. The van der Waals surface area contributed by atoms with Crippen LogP contribution in [0.3, 0.4) is 0 Å². The highest BCUT2D eigenvalue weighted by Gasteiger charge is 2.53. The molecule has 0 aromatic heterocycles. The zero-order chi connectivity index (χ0) is 44.0. The molecule has 0 N–H and O–H groups in total. The Morgan fingerprint density at radius 1 is 0.258 bits per heavy atom. The molecule has 2 nitrogen and oxygen atoms in total. The second kappa shape index (κ2) is 14.7. The third kappa shape index (κ3) is 5.48. The first-order chi connectivity index (χ1) is 32.5. The molecule has 0 radical (unpaired) electrons. The largest absolute Gasteiger partial charge is 0.310 e. The molecule has 0 amide bonds. The molecule has 10 aromatic carbocycles. The lowest BCUT2D eigenvalue weighted by atomic mass is 9.68. The van der Waals surface area contributed by atoms with Gasteiger partial charge in [-0.2, -0.15) is 0 Å². The summed E-state index contributed by atoms with van der Waals surface area (Å²) in [6, 6.07) is 90.1. The lowest BCUT2D eigenvalue weighted by molar-refractivity contribution is 0.660. The van der Waals surface area contributed by atoms with Crippen LogP contribution in [0.25, 0.3) is 44.5 Å². The van der Waals surface area contributed by atoms with Crippen molar-refractivity contribution in [3.8, 4) is 44.5 Å². The van der Waals surface area contributed by atoms with Crippen molar-refractivity contribution in [3.05, 3.63) is 276 Å². The summed E-state index contributed by atoms with van der Waals surface area (Å²) < 4.78 is 0. The van der Waals surface area contributed by atoms with Gasteiger partial charge in [0.25, 0.3) is 0 Å². The van der Waals surface area contributed by atoms with E-state index in [1.807, 2.05) is 0 Å². The summed E-state index contributed by atoms with van der Waals surface area (Å²) in [5, 5.41) is 0. The highest BCUT2D eigenvalue weighted by molar-refractivity contribution is 6.01. The van der Waals surface area contributed by atoms with E-state index in [1.54, 1.807) is 0 Å². The summed E-state index contributed by atoms with van der Waals surface area (Å²) in [4.78, 5) is 4.87. The summed E-state index contributed by atoms with van der Waals surface area (Å²) >= 11 is 0. The van der Waals surface area contributed by atoms with Gasteiger partial charge >= 0.3 is 0 Å². The van der Waals surface area contributed by atoms with Gasteiger partial charge in [0.15, 0.2) is 0 Å². The molecule has 0 saturated heterocycles. The fourth-order valence-electron chi connectivity index (χ4n) is 11.8. The molecule has 10 aromatic rings. The molecule has 3 aliphatic rings. The van der Waals surface area contributed by atoms with Crippen molar-refractivity contribution in [3.63, 3.8) is 0 Å². The van der Waals surface area contributed by atoms with E-state index in [9.17, 15) is 0 Å². The zero-order valence-corrected chi connectivity index (χ0v) is 37.0. The molecule has 312 valence electrons. The first kappa shape index (κ1) is 38.3. The van der Waals surface area contributed by atoms with Crippen molar-refractivity contribution in [1.82, 2.24) is 0 Å². The lowest BCUT2D eigenvalue weighted by Gasteiger charge is -2.34. The predicted octanol–water partition coefficient (Wildman–Crippen LogP) is 16.9. The molecule has 1 unspecified atom stereocenters. The van der Waals surface area contributed by atoms with Crippen molar-refractivity contribution < 1.29 is 0 Å². The van der Waals surface area contributed by atoms with Gasteiger partial charge in [-0.05, 0) is 151 Å². The third-order valence-electron chi connectivity index (χ3n) is 14.6. The van der Waals surface area contributed by atoms with E-state index in [1.165, 1.54) is 77.9 Å². The Labute approximate surface area is 387 Å². The number of rotatable bonds is 7. The van der Waals surface area contributed by atoms with Crippen molar-refractivity contribution in [2.45, 2.75) is 24.7 Å². The third-order valence-corrected chi connectivity index (χ3v) is 14.6.